The molecule has 6 nitrogen and oxygen atoms in total. The van der Waals surface area contributed by atoms with E-state index in [0.717, 1.165) is 12.1 Å². The molecule has 0 unspecified atom stereocenters. The van der Waals surface area contributed by atoms with Gasteiger partial charge < -0.3 is 9.15 Å². The highest BCUT2D eigenvalue weighted by atomic mass is 79.9. The monoisotopic (exact) mass is 494 g/mol. The van der Waals surface area contributed by atoms with Crippen molar-refractivity contribution in [1.29, 1.82) is 0 Å². The first-order valence-corrected chi connectivity index (χ1v) is 10.0. The maximum atomic E-state index is 14.8. The van der Waals surface area contributed by atoms with Crippen molar-refractivity contribution in [3.63, 3.8) is 0 Å². The molecule has 0 aliphatic carbocycles. The summed E-state index contributed by atoms with van der Waals surface area (Å²) in [5.74, 6) is -2.86. The highest BCUT2D eigenvalue weighted by Gasteiger charge is 2.39. The van der Waals surface area contributed by atoms with E-state index >= 15 is 0 Å². The van der Waals surface area contributed by atoms with Crippen LogP contribution in [-0.2, 0) is 16.2 Å². The van der Waals surface area contributed by atoms with Gasteiger partial charge >= 0.3 is 12.1 Å². The number of nitrogens with two attached hydrogens (primary N) is 1. The third-order valence-electron chi connectivity index (χ3n) is 3.84. The Bertz CT molecular complexity index is 1180. The van der Waals surface area contributed by atoms with E-state index in [-0.39, 0.29) is 31.9 Å². The topological polar surface area (TPSA) is 95.4 Å². The lowest BCUT2D eigenvalue weighted by molar-refractivity contribution is -0.156. The number of ether oxygens (including phenoxy) is 1. The Morgan fingerprint density at radius 3 is 2.28 bits per heavy atom. The summed E-state index contributed by atoms with van der Waals surface area (Å²) < 4.78 is 86.7. The molecule has 29 heavy (non-hydrogen) atoms. The van der Waals surface area contributed by atoms with Crippen LogP contribution in [0.2, 0.25) is 0 Å². The Morgan fingerprint density at radius 2 is 1.76 bits per heavy atom. The molecular formula is C17H11BrF4N2O4S. The van der Waals surface area contributed by atoms with Crippen molar-refractivity contribution in [2.45, 2.75) is 11.1 Å². The summed E-state index contributed by atoms with van der Waals surface area (Å²) in [7, 11) is -2.71. The minimum atomic E-state index is -4.92. The van der Waals surface area contributed by atoms with Crippen LogP contribution in [0.1, 0.15) is 5.89 Å². The van der Waals surface area contributed by atoms with E-state index in [2.05, 4.69) is 20.9 Å². The number of methoxy groups -OCH3 is 1. The number of primary sulfonamides is 1. The van der Waals surface area contributed by atoms with E-state index in [9.17, 15) is 26.0 Å². The Kier molecular flexibility index (Phi) is 5.45. The van der Waals surface area contributed by atoms with Crippen LogP contribution in [0.3, 0.4) is 0 Å². The van der Waals surface area contributed by atoms with Crippen molar-refractivity contribution in [2.75, 3.05) is 7.11 Å². The van der Waals surface area contributed by atoms with E-state index in [4.69, 9.17) is 14.3 Å². The Labute approximate surface area is 170 Å². The maximum absolute atomic E-state index is 14.8. The lowest BCUT2D eigenvalue weighted by Crippen LogP contribution is -2.11. The quantitative estimate of drug-likeness (QED) is 0.535. The largest absolute Gasteiger partial charge is 0.495 e. The van der Waals surface area contributed by atoms with E-state index in [1.165, 1.54) is 31.4 Å². The van der Waals surface area contributed by atoms with Crippen molar-refractivity contribution in [3.05, 3.63) is 52.6 Å². The Balaban J connectivity index is 2.23. The van der Waals surface area contributed by atoms with Gasteiger partial charge in [0.25, 0.3) is 0 Å². The summed E-state index contributed by atoms with van der Waals surface area (Å²) in [6.07, 6.45) is -4.92. The van der Waals surface area contributed by atoms with Crippen molar-refractivity contribution in [2.24, 2.45) is 5.14 Å². The van der Waals surface area contributed by atoms with Crippen LogP contribution in [0.15, 0.2) is 50.2 Å². The third kappa shape index (κ3) is 4.14. The average molecular weight is 495 g/mol. The molecule has 12 heteroatoms. The molecule has 1 aromatic heterocycles. The van der Waals surface area contributed by atoms with E-state index in [1.807, 2.05) is 0 Å². The lowest BCUT2D eigenvalue weighted by atomic mass is 10.1. The molecular weight excluding hydrogens is 484 g/mol. The summed E-state index contributed by atoms with van der Waals surface area (Å²) in [5, 5.41) is 5.01. The molecule has 0 atom stereocenters. The first-order chi connectivity index (χ1) is 13.4. The molecule has 3 aromatic rings. The summed E-state index contributed by atoms with van der Waals surface area (Å²) in [6.45, 7) is 0. The zero-order chi connectivity index (χ0) is 21.6. The number of hydrogen-bond donors (Lipinski definition) is 1. The minimum Gasteiger partial charge on any atom is -0.495 e. The van der Waals surface area contributed by atoms with E-state index in [1.54, 1.807) is 0 Å². The van der Waals surface area contributed by atoms with Crippen LogP contribution in [0, 0.1) is 5.82 Å². The molecule has 0 saturated heterocycles. The van der Waals surface area contributed by atoms with Crippen molar-refractivity contribution in [1.82, 2.24) is 4.98 Å². The molecule has 0 amide bonds. The second-order valence-corrected chi connectivity index (χ2v) is 8.06. The predicted molar refractivity (Wildman–Crippen MR) is 98.0 cm³/mol. The molecule has 0 radical (unpaired) electrons. The molecule has 1 heterocycles. The maximum Gasteiger partial charge on any atom is 0.468 e. The SMILES string of the molecule is COc1ccc(-c2oc(C(F)(F)F)nc2-c2ccc(S(N)(=O)=O)cc2)c(F)c1Br. The number of oxazole rings is 1. The number of alkyl halides is 3. The number of rotatable bonds is 4. The molecule has 0 fully saturated rings. The van der Waals surface area contributed by atoms with Gasteiger partial charge in [0.05, 0.1) is 22.0 Å². The van der Waals surface area contributed by atoms with Crippen molar-refractivity contribution in [3.8, 4) is 28.3 Å². The number of halogens is 5. The zero-order valence-corrected chi connectivity index (χ0v) is 16.8. The molecule has 154 valence electrons. The van der Waals surface area contributed by atoms with Gasteiger partial charge in [-0.15, -0.1) is 0 Å². The fourth-order valence-corrected chi connectivity index (χ4v) is 3.51. The van der Waals surface area contributed by atoms with Gasteiger partial charge in [-0.2, -0.15) is 13.2 Å². The summed E-state index contributed by atoms with van der Waals surface area (Å²) in [6, 6.07) is 7.09. The van der Waals surface area contributed by atoms with Gasteiger partial charge in [0.1, 0.15) is 11.4 Å². The summed E-state index contributed by atoms with van der Waals surface area (Å²) >= 11 is 2.98. The highest BCUT2D eigenvalue weighted by Crippen LogP contribution is 2.42. The fraction of sp³-hybridized carbons (Fsp3) is 0.118. The number of hydrogen-bond acceptors (Lipinski definition) is 5. The standard InChI is InChI=1S/C17H11BrF4N2O4S/c1-27-11-7-6-10(13(19)12(11)18)15-14(24-16(28-15)17(20,21)22)8-2-4-9(5-3-8)29(23,25)26/h2-7H,1H3,(H2,23,25,26). The van der Waals surface area contributed by atoms with Crippen LogP contribution in [0.5, 0.6) is 5.75 Å². The second kappa shape index (κ2) is 7.43. The van der Waals surface area contributed by atoms with Crippen LogP contribution < -0.4 is 9.88 Å². The van der Waals surface area contributed by atoms with Crippen LogP contribution in [0.25, 0.3) is 22.6 Å². The third-order valence-corrected chi connectivity index (χ3v) is 5.51. The highest BCUT2D eigenvalue weighted by molar-refractivity contribution is 9.10. The number of benzene rings is 2. The molecule has 0 aliphatic rings. The molecule has 3 rings (SSSR count). The van der Waals surface area contributed by atoms with Gasteiger partial charge in [-0.1, -0.05) is 12.1 Å². The number of aromatic nitrogens is 1. The second-order valence-electron chi connectivity index (χ2n) is 5.71. The van der Waals surface area contributed by atoms with E-state index in [0.29, 0.717) is 0 Å². The normalized spacial score (nSPS) is 12.2. The van der Waals surface area contributed by atoms with Crippen LogP contribution >= 0.6 is 15.9 Å². The molecule has 2 aromatic carbocycles. The molecule has 0 spiro atoms. The Morgan fingerprint density at radius 1 is 1.14 bits per heavy atom. The molecule has 0 saturated carbocycles. The number of sulfonamides is 1. The molecule has 2 N–H and O–H groups in total. The van der Waals surface area contributed by atoms with Crippen LogP contribution in [-0.4, -0.2) is 20.5 Å². The Hall–Kier alpha value is -2.44. The van der Waals surface area contributed by atoms with Gasteiger partial charge in [-0.3, -0.25) is 0 Å². The first kappa shape index (κ1) is 21.3. The number of nitrogens with zero attached hydrogens (tertiary/aromatic N) is 1. The van der Waals surface area contributed by atoms with Gasteiger partial charge in [0, 0.05) is 5.56 Å². The van der Waals surface area contributed by atoms with Crippen molar-refractivity contribution < 1.29 is 35.1 Å². The molecule has 0 bridgehead atoms. The summed E-state index contributed by atoms with van der Waals surface area (Å²) in [5.41, 5.74) is -0.557. The van der Waals surface area contributed by atoms with Gasteiger partial charge in [0.15, 0.2) is 11.6 Å². The summed E-state index contributed by atoms with van der Waals surface area (Å²) in [4.78, 5) is 3.20. The van der Waals surface area contributed by atoms with E-state index < -0.39 is 33.7 Å². The van der Waals surface area contributed by atoms with Gasteiger partial charge in [-0.05, 0) is 40.2 Å². The van der Waals surface area contributed by atoms with Gasteiger partial charge in [0.2, 0.25) is 10.0 Å². The van der Waals surface area contributed by atoms with Crippen LogP contribution in [0.4, 0.5) is 17.6 Å². The zero-order valence-electron chi connectivity index (χ0n) is 14.4. The molecule has 0 aliphatic heterocycles. The minimum absolute atomic E-state index is 0.0676. The average Bonchev–Trinajstić information content (AvgIpc) is 3.09. The first-order valence-electron chi connectivity index (χ1n) is 7.67. The fourth-order valence-electron chi connectivity index (χ4n) is 2.49. The predicted octanol–water partition coefficient (Wildman–Crippen LogP) is 4.59. The van der Waals surface area contributed by atoms with Gasteiger partial charge in [-0.25, -0.2) is 22.9 Å². The van der Waals surface area contributed by atoms with Crippen molar-refractivity contribution >= 4 is 26.0 Å². The lowest BCUT2D eigenvalue weighted by Gasteiger charge is -2.08. The smallest absolute Gasteiger partial charge is 0.468 e.